The van der Waals surface area contributed by atoms with Crippen LogP contribution in [0.25, 0.3) is 11.3 Å². The highest BCUT2D eigenvalue weighted by atomic mass is 32.2. The molecule has 2 nitrogen and oxygen atoms in total. The van der Waals surface area contributed by atoms with Crippen LogP contribution in [0, 0.1) is 5.82 Å². The Labute approximate surface area is 156 Å². The van der Waals surface area contributed by atoms with Gasteiger partial charge in [0.1, 0.15) is 5.82 Å². The number of hydrogen-bond donors (Lipinski definition) is 0. The Morgan fingerprint density at radius 1 is 0.808 bits per heavy atom. The molecule has 0 amide bonds. The van der Waals surface area contributed by atoms with Gasteiger partial charge in [-0.2, -0.15) is 0 Å². The molecule has 0 fully saturated rings. The van der Waals surface area contributed by atoms with Crippen LogP contribution in [-0.4, -0.2) is 17.0 Å². The first-order valence-corrected chi connectivity index (χ1v) is 9.58. The molecule has 0 saturated heterocycles. The number of allylic oxidation sites excluding steroid dienone is 1. The molecular formula is C22H17FN2S. The molecule has 0 N–H and O–H groups in total. The van der Waals surface area contributed by atoms with Crippen LogP contribution in [-0.2, 0) is 0 Å². The summed E-state index contributed by atoms with van der Waals surface area (Å²) in [5, 5.41) is 0. The second-order valence-electron chi connectivity index (χ2n) is 6.03. The fourth-order valence-electron chi connectivity index (χ4n) is 3.08. The Hall–Kier alpha value is -2.72. The summed E-state index contributed by atoms with van der Waals surface area (Å²) < 4.78 is 13.4. The van der Waals surface area contributed by atoms with Gasteiger partial charge in [-0.1, -0.05) is 24.3 Å². The first kappa shape index (κ1) is 16.7. The molecule has 0 saturated carbocycles. The van der Waals surface area contributed by atoms with Gasteiger partial charge >= 0.3 is 0 Å². The van der Waals surface area contributed by atoms with Gasteiger partial charge in [0, 0.05) is 29.3 Å². The van der Waals surface area contributed by atoms with Crippen molar-refractivity contribution in [2.24, 2.45) is 4.99 Å². The molecule has 1 aliphatic rings. The van der Waals surface area contributed by atoms with Gasteiger partial charge in [-0.05, 0) is 59.4 Å². The van der Waals surface area contributed by atoms with Gasteiger partial charge in [0.15, 0.2) is 0 Å². The largest absolute Gasteiger partial charge is 0.265 e. The predicted molar refractivity (Wildman–Crippen MR) is 107 cm³/mol. The summed E-state index contributed by atoms with van der Waals surface area (Å²) in [6.45, 7) is 0. The molecule has 3 aromatic rings. The Morgan fingerprint density at radius 2 is 1.46 bits per heavy atom. The fourth-order valence-corrected chi connectivity index (χ4v) is 3.49. The number of nitrogens with zero attached hydrogens (tertiary/aromatic N) is 2. The van der Waals surface area contributed by atoms with E-state index in [1.165, 1.54) is 17.0 Å². The summed E-state index contributed by atoms with van der Waals surface area (Å²) in [6.07, 6.45) is 6.33. The molecule has 0 spiro atoms. The summed E-state index contributed by atoms with van der Waals surface area (Å²) in [6, 6.07) is 19.0. The highest BCUT2D eigenvalue weighted by Crippen LogP contribution is 2.37. The van der Waals surface area contributed by atoms with E-state index >= 15 is 0 Å². The van der Waals surface area contributed by atoms with Crippen LogP contribution in [0.3, 0.4) is 0 Å². The molecule has 0 aliphatic carbocycles. The maximum Gasteiger partial charge on any atom is 0.123 e. The van der Waals surface area contributed by atoms with Crippen molar-refractivity contribution in [1.82, 2.24) is 4.98 Å². The lowest BCUT2D eigenvalue weighted by molar-refractivity contribution is 0.627. The monoisotopic (exact) mass is 360 g/mol. The van der Waals surface area contributed by atoms with Crippen molar-refractivity contribution in [3.63, 3.8) is 0 Å². The molecule has 0 radical (unpaired) electrons. The quantitative estimate of drug-likeness (QED) is 0.557. The van der Waals surface area contributed by atoms with Crippen molar-refractivity contribution in [2.75, 3.05) is 6.26 Å². The van der Waals surface area contributed by atoms with Crippen molar-refractivity contribution >= 4 is 28.7 Å². The SMILES string of the molecule is CSc1ccc(C2=NC(c3ccncc3)=C(c3ccc(F)cc3)C2)cc1. The molecule has 26 heavy (non-hydrogen) atoms. The number of halogens is 1. The molecule has 1 aromatic heterocycles. The smallest absolute Gasteiger partial charge is 0.123 e. The van der Waals surface area contributed by atoms with Crippen LogP contribution < -0.4 is 0 Å². The number of aliphatic imine (C=N–C) groups is 1. The molecule has 128 valence electrons. The van der Waals surface area contributed by atoms with Crippen LogP contribution >= 0.6 is 11.8 Å². The summed E-state index contributed by atoms with van der Waals surface area (Å²) in [4.78, 5) is 10.3. The van der Waals surface area contributed by atoms with E-state index < -0.39 is 0 Å². The molecular weight excluding hydrogens is 343 g/mol. The molecule has 0 unspecified atom stereocenters. The number of pyridine rings is 1. The molecule has 4 heteroatoms. The van der Waals surface area contributed by atoms with Crippen LogP contribution in [0.15, 0.2) is 82.9 Å². The zero-order valence-electron chi connectivity index (χ0n) is 14.3. The average molecular weight is 360 g/mol. The first-order valence-electron chi connectivity index (χ1n) is 8.36. The van der Waals surface area contributed by atoms with E-state index in [2.05, 4.69) is 35.5 Å². The first-order chi connectivity index (χ1) is 12.7. The third-order valence-corrected chi connectivity index (χ3v) is 5.19. The minimum absolute atomic E-state index is 0.230. The van der Waals surface area contributed by atoms with Gasteiger partial charge in [0.05, 0.1) is 11.4 Å². The number of rotatable bonds is 4. The van der Waals surface area contributed by atoms with Gasteiger partial charge in [-0.15, -0.1) is 11.8 Å². The Kier molecular flexibility index (Phi) is 4.67. The van der Waals surface area contributed by atoms with E-state index in [9.17, 15) is 4.39 Å². The maximum atomic E-state index is 13.4. The highest BCUT2D eigenvalue weighted by molar-refractivity contribution is 7.98. The van der Waals surface area contributed by atoms with Crippen LogP contribution in [0.2, 0.25) is 0 Å². The summed E-state index contributed by atoms with van der Waals surface area (Å²) in [7, 11) is 0. The third kappa shape index (κ3) is 3.33. The summed E-state index contributed by atoms with van der Waals surface area (Å²) in [5.41, 5.74) is 6.21. The normalized spacial score (nSPS) is 13.8. The maximum absolute atomic E-state index is 13.4. The van der Waals surface area contributed by atoms with Gasteiger partial charge in [-0.25, -0.2) is 4.39 Å². The van der Waals surface area contributed by atoms with Gasteiger partial charge < -0.3 is 0 Å². The third-order valence-electron chi connectivity index (χ3n) is 4.45. The molecule has 0 bridgehead atoms. The zero-order valence-corrected chi connectivity index (χ0v) is 15.1. The predicted octanol–water partition coefficient (Wildman–Crippen LogP) is 5.70. The molecule has 1 aliphatic heterocycles. The lowest BCUT2D eigenvalue weighted by atomic mass is 9.96. The van der Waals surface area contributed by atoms with Gasteiger partial charge in [0.25, 0.3) is 0 Å². The van der Waals surface area contributed by atoms with Crippen LogP contribution in [0.4, 0.5) is 4.39 Å². The van der Waals surface area contributed by atoms with Crippen molar-refractivity contribution < 1.29 is 4.39 Å². The Balaban J connectivity index is 1.76. The summed E-state index contributed by atoms with van der Waals surface area (Å²) >= 11 is 1.72. The zero-order chi connectivity index (χ0) is 17.9. The Morgan fingerprint density at radius 3 is 2.12 bits per heavy atom. The van der Waals surface area contributed by atoms with Gasteiger partial charge in [0.2, 0.25) is 0 Å². The number of benzene rings is 2. The number of aromatic nitrogens is 1. The molecule has 0 atom stereocenters. The number of hydrogen-bond acceptors (Lipinski definition) is 3. The van der Waals surface area contributed by atoms with Crippen molar-refractivity contribution in [2.45, 2.75) is 11.3 Å². The van der Waals surface area contributed by atoms with E-state index in [1.807, 2.05) is 24.3 Å². The van der Waals surface area contributed by atoms with Gasteiger partial charge in [-0.3, -0.25) is 9.98 Å². The standard InChI is InChI=1S/C22H17FN2S/c1-26-19-8-4-16(5-9-19)21-14-20(15-2-6-18(23)7-3-15)22(25-21)17-10-12-24-13-11-17/h2-13H,14H2,1H3. The minimum atomic E-state index is -0.230. The summed E-state index contributed by atoms with van der Waals surface area (Å²) in [5.74, 6) is -0.230. The lowest BCUT2D eigenvalue weighted by Gasteiger charge is -2.07. The minimum Gasteiger partial charge on any atom is -0.265 e. The topological polar surface area (TPSA) is 25.2 Å². The van der Waals surface area contributed by atoms with Crippen molar-refractivity contribution in [3.05, 3.63) is 95.6 Å². The number of thioether (sulfide) groups is 1. The van der Waals surface area contributed by atoms with Crippen LogP contribution in [0.1, 0.15) is 23.1 Å². The molecule has 2 aromatic carbocycles. The van der Waals surface area contributed by atoms with Crippen molar-refractivity contribution in [1.29, 1.82) is 0 Å². The molecule has 2 heterocycles. The Bertz CT molecular complexity index is 975. The highest BCUT2D eigenvalue weighted by Gasteiger charge is 2.21. The van der Waals surface area contributed by atoms with Crippen molar-refractivity contribution in [3.8, 4) is 0 Å². The van der Waals surface area contributed by atoms with E-state index in [1.54, 1.807) is 24.2 Å². The fraction of sp³-hybridized carbons (Fsp3) is 0.0909. The molecule has 4 rings (SSSR count). The average Bonchev–Trinajstić information content (AvgIpc) is 3.15. The van der Waals surface area contributed by atoms with E-state index in [-0.39, 0.29) is 5.82 Å². The second kappa shape index (κ2) is 7.26. The lowest BCUT2D eigenvalue weighted by Crippen LogP contribution is -1.98. The van der Waals surface area contributed by atoms with E-state index in [0.29, 0.717) is 0 Å². The van der Waals surface area contributed by atoms with Crippen LogP contribution in [0.5, 0.6) is 0 Å². The van der Waals surface area contributed by atoms with E-state index in [4.69, 9.17) is 4.99 Å². The van der Waals surface area contributed by atoms with E-state index in [0.717, 1.165) is 40.1 Å². The second-order valence-corrected chi connectivity index (χ2v) is 6.91.